The highest BCUT2D eigenvalue weighted by molar-refractivity contribution is 6.31. The zero-order valence-corrected chi connectivity index (χ0v) is 18.6. The van der Waals surface area contributed by atoms with Crippen LogP contribution in [0.15, 0.2) is 66.7 Å². The molecular weight excluding hydrogens is 434 g/mol. The van der Waals surface area contributed by atoms with Crippen molar-refractivity contribution < 1.29 is 24.3 Å². The van der Waals surface area contributed by atoms with Crippen LogP contribution < -0.4 is 16.0 Å². The average molecular weight is 457 g/mol. The fraction of sp³-hybridized carbons (Fsp3) is 0.154. The number of para-hydroxylation sites is 3. The number of aryl methyl sites for hydroxylation is 2. The normalized spacial score (nSPS) is 17.6. The molecule has 34 heavy (non-hydrogen) atoms. The Bertz CT molecular complexity index is 1310. The van der Waals surface area contributed by atoms with Crippen LogP contribution in [0.1, 0.15) is 33.0 Å². The molecule has 2 unspecified atom stereocenters. The molecule has 3 aromatic rings. The Labute approximate surface area is 196 Å². The number of benzene rings is 3. The predicted octanol–water partition coefficient (Wildman–Crippen LogP) is 3.02. The van der Waals surface area contributed by atoms with Crippen LogP contribution in [0, 0.1) is 19.8 Å². The van der Waals surface area contributed by atoms with Crippen LogP contribution in [-0.4, -0.2) is 28.7 Å². The van der Waals surface area contributed by atoms with E-state index in [0.717, 1.165) is 4.90 Å². The molecule has 0 spiro atoms. The molecule has 0 radical (unpaired) electrons. The molecule has 1 saturated heterocycles. The van der Waals surface area contributed by atoms with Crippen LogP contribution in [0.2, 0.25) is 0 Å². The molecular formula is C26H23N3O5. The fourth-order valence-corrected chi connectivity index (χ4v) is 4.39. The zero-order chi connectivity index (χ0) is 24.6. The first-order chi connectivity index (χ1) is 16.2. The third-order valence-corrected chi connectivity index (χ3v) is 5.97. The average Bonchev–Trinajstić information content (AvgIpc) is 3.04. The number of aromatic hydroxyl groups is 1. The number of imide groups is 1. The Morgan fingerprint density at radius 1 is 0.882 bits per heavy atom. The second-order valence-electron chi connectivity index (χ2n) is 8.17. The minimum atomic E-state index is -1.47. The molecule has 1 heterocycles. The van der Waals surface area contributed by atoms with Crippen molar-refractivity contribution in [3.63, 3.8) is 0 Å². The number of hydrogen-bond acceptors (Lipinski definition) is 5. The van der Waals surface area contributed by atoms with E-state index in [9.17, 15) is 24.3 Å². The van der Waals surface area contributed by atoms with Crippen molar-refractivity contribution in [2.75, 3.05) is 10.2 Å². The van der Waals surface area contributed by atoms with Crippen LogP contribution in [0.25, 0.3) is 0 Å². The van der Waals surface area contributed by atoms with Crippen molar-refractivity contribution in [3.05, 3.63) is 89.0 Å². The van der Waals surface area contributed by atoms with Crippen molar-refractivity contribution in [1.82, 2.24) is 0 Å². The molecule has 1 aliphatic rings. The molecule has 2 atom stereocenters. The molecule has 172 valence electrons. The smallest absolute Gasteiger partial charge is 0.250 e. The van der Waals surface area contributed by atoms with Gasteiger partial charge < -0.3 is 16.2 Å². The van der Waals surface area contributed by atoms with Crippen molar-refractivity contribution in [2.45, 2.75) is 19.8 Å². The van der Waals surface area contributed by atoms with Crippen LogP contribution in [-0.2, 0) is 14.4 Å². The third-order valence-electron chi connectivity index (χ3n) is 5.97. The van der Waals surface area contributed by atoms with E-state index in [4.69, 9.17) is 5.73 Å². The molecule has 0 bridgehead atoms. The van der Waals surface area contributed by atoms with E-state index < -0.39 is 35.5 Å². The lowest BCUT2D eigenvalue weighted by Gasteiger charge is -2.20. The van der Waals surface area contributed by atoms with Crippen LogP contribution in [0.4, 0.5) is 11.4 Å². The van der Waals surface area contributed by atoms with Crippen molar-refractivity contribution in [2.24, 2.45) is 11.7 Å². The van der Waals surface area contributed by atoms with E-state index in [2.05, 4.69) is 5.32 Å². The number of nitrogens with two attached hydrogens (primary N) is 1. The minimum Gasteiger partial charge on any atom is -0.508 e. The maximum absolute atomic E-state index is 13.7. The van der Waals surface area contributed by atoms with Crippen molar-refractivity contribution in [1.29, 1.82) is 0 Å². The molecule has 4 amide bonds. The van der Waals surface area contributed by atoms with Gasteiger partial charge in [0.25, 0.3) is 5.91 Å². The SMILES string of the molecule is Cc1cccc(C)c1N1C(=O)C(C(=O)Nc2ccccc2C(N)=O)C(c2ccccc2O)C1=O. The van der Waals surface area contributed by atoms with Gasteiger partial charge in [0.2, 0.25) is 17.7 Å². The van der Waals surface area contributed by atoms with E-state index >= 15 is 0 Å². The summed E-state index contributed by atoms with van der Waals surface area (Å²) in [6.45, 7) is 3.54. The zero-order valence-electron chi connectivity index (χ0n) is 18.6. The molecule has 8 nitrogen and oxygen atoms in total. The van der Waals surface area contributed by atoms with Gasteiger partial charge in [-0.1, -0.05) is 48.5 Å². The van der Waals surface area contributed by atoms with Gasteiger partial charge in [-0.2, -0.15) is 0 Å². The monoisotopic (exact) mass is 457 g/mol. The molecule has 0 saturated carbocycles. The van der Waals surface area contributed by atoms with Gasteiger partial charge in [0.1, 0.15) is 11.7 Å². The molecule has 8 heteroatoms. The second-order valence-corrected chi connectivity index (χ2v) is 8.17. The summed E-state index contributed by atoms with van der Waals surface area (Å²) in [7, 11) is 0. The third kappa shape index (κ3) is 3.79. The first-order valence-corrected chi connectivity index (χ1v) is 10.6. The van der Waals surface area contributed by atoms with Crippen molar-refractivity contribution >= 4 is 35.0 Å². The van der Waals surface area contributed by atoms with E-state index in [-0.39, 0.29) is 22.6 Å². The van der Waals surface area contributed by atoms with Crippen LogP contribution >= 0.6 is 0 Å². The van der Waals surface area contributed by atoms with Gasteiger partial charge in [-0.3, -0.25) is 19.2 Å². The summed E-state index contributed by atoms with van der Waals surface area (Å²) < 4.78 is 0. The number of amides is 4. The topological polar surface area (TPSA) is 130 Å². The van der Waals surface area contributed by atoms with Gasteiger partial charge >= 0.3 is 0 Å². The highest BCUT2D eigenvalue weighted by Crippen LogP contribution is 2.43. The number of nitrogens with zero attached hydrogens (tertiary/aromatic N) is 1. The number of primary amides is 1. The molecule has 4 rings (SSSR count). The summed E-state index contributed by atoms with van der Waals surface area (Å²) in [5.74, 6) is -5.80. The number of hydrogen-bond donors (Lipinski definition) is 3. The largest absolute Gasteiger partial charge is 0.508 e. The summed E-state index contributed by atoms with van der Waals surface area (Å²) in [4.78, 5) is 53.5. The highest BCUT2D eigenvalue weighted by Gasteiger charge is 2.54. The molecule has 3 aromatic carbocycles. The number of phenolic OH excluding ortho intramolecular Hbond substituents is 1. The summed E-state index contributed by atoms with van der Waals surface area (Å²) in [5, 5.41) is 13.1. The van der Waals surface area contributed by atoms with Gasteiger partial charge in [-0.15, -0.1) is 0 Å². The maximum Gasteiger partial charge on any atom is 0.250 e. The molecule has 4 N–H and O–H groups in total. The standard InChI is InChI=1S/C26H23N3O5/c1-14-8-7-9-15(2)22(14)29-25(33)20(17-11-4-6-13-19(17)30)21(26(29)34)24(32)28-18-12-5-3-10-16(18)23(27)31/h3-13,20-21,30H,1-2H3,(H2,27,31)(H,28,32). The number of anilines is 2. The maximum atomic E-state index is 13.7. The molecule has 1 aliphatic heterocycles. The molecule has 1 fully saturated rings. The number of phenols is 1. The quantitative estimate of drug-likeness (QED) is 0.401. The summed E-state index contributed by atoms with van der Waals surface area (Å²) in [5.41, 5.74) is 7.56. The lowest BCUT2D eigenvalue weighted by molar-refractivity contribution is -0.129. The van der Waals surface area contributed by atoms with Gasteiger partial charge in [0.15, 0.2) is 0 Å². The first-order valence-electron chi connectivity index (χ1n) is 10.6. The Morgan fingerprint density at radius 2 is 1.50 bits per heavy atom. The Kier molecular flexibility index (Phi) is 5.89. The number of carbonyl (C=O) groups excluding carboxylic acids is 4. The van der Waals surface area contributed by atoms with Crippen LogP contribution in [0.5, 0.6) is 5.75 Å². The second kappa shape index (κ2) is 8.82. The van der Waals surface area contributed by atoms with Crippen LogP contribution in [0.3, 0.4) is 0 Å². The van der Waals surface area contributed by atoms with E-state index in [1.54, 1.807) is 50.2 Å². The minimum absolute atomic E-state index is 0.0679. The summed E-state index contributed by atoms with van der Waals surface area (Å²) >= 11 is 0. The molecule has 0 aliphatic carbocycles. The predicted molar refractivity (Wildman–Crippen MR) is 126 cm³/mol. The number of rotatable bonds is 5. The first kappa shape index (κ1) is 22.7. The lowest BCUT2D eigenvalue weighted by Crippen LogP contribution is -2.35. The van der Waals surface area contributed by atoms with Gasteiger partial charge in [0.05, 0.1) is 22.9 Å². The fourth-order valence-electron chi connectivity index (χ4n) is 4.39. The Morgan fingerprint density at radius 3 is 2.15 bits per heavy atom. The van der Waals surface area contributed by atoms with E-state index in [0.29, 0.717) is 16.8 Å². The van der Waals surface area contributed by atoms with E-state index in [1.807, 2.05) is 6.07 Å². The number of nitrogens with one attached hydrogen (secondary N) is 1. The molecule has 0 aromatic heterocycles. The number of carbonyl (C=O) groups is 4. The summed E-state index contributed by atoms with van der Waals surface area (Å²) in [6.07, 6.45) is 0. The highest BCUT2D eigenvalue weighted by atomic mass is 16.3. The summed E-state index contributed by atoms with van der Waals surface area (Å²) in [6, 6.07) is 17.6. The van der Waals surface area contributed by atoms with E-state index in [1.165, 1.54) is 24.3 Å². The Balaban J connectivity index is 1.83. The van der Waals surface area contributed by atoms with Gasteiger partial charge in [-0.25, -0.2) is 4.90 Å². The lowest BCUT2D eigenvalue weighted by atomic mass is 9.86. The Hall–Kier alpha value is -4.46. The van der Waals surface area contributed by atoms with Crippen molar-refractivity contribution in [3.8, 4) is 5.75 Å². The van der Waals surface area contributed by atoms with Gasteiger partial charge in [0, 0.05) is 5.56 Å². The van der Waals surface area contributed by atoms with Gasteiger partial charge in [-0.05, 0) is 43.2 Å².